The zero-order valence-corrected chi connectivity index (χ0v) is 19.6. The van der Waals surface area contributed by atoms with E-state index in [1.54, 1.807) is 16.4 Å². The molecule has 174 valence electrons. The van der Waals surface area contributed by atoms with Gasteiger partial charge in [0.05, 0.1) is 24.2 Å². The summed E-state index contributed by atoms with van der Waals surface area (Å²) >= 11 is 0. The van der Waals surface area contributed by atoms with Crippen LogP contribution in [0.25, 0.3) is 0 Å². The number of amides is 1. The molecule has 32 heavy (non-hydrogen) atoms. The van der Waals surface area contributed by atoms with E-state index in [4.69, 9.17) is 4.74 Å². The van der Waals surface area contributed by atoms with Crippen molar-refractivity contribution in [2.24, 2.45) is 0 Å². The molecule has 0 radical (unpaired) electrons. The Morgan fingerprint density at radius 1 is 1.09 bits per heavy atom. The maximum absolute atomic E-state index is 13.2. The maximum atomic E-state index is 13.2. The van der Waals surface area contributed by atoms with E-state index >= 15 is 0 Å². The second-order valence-electron chi connectivity index (χ2n) is 8.50. The number of benzene rings is 1. The Labute approximate surface area is 190 Å². The van der Waals surface area contributed by atoms with Crippen LogP contribution >= 0.6 is 0 Å². The van der Waals surface area contributed by atoms with Gasteiger partial charge < -0.3 is 14.6 Å². The average Bonchev–Trinajstić information content (AvgIpc) is 3.09. The summed E-state index contributed by atoms with van der Waals surface area (Å²) in [5.41, 5.74) is 1.56. The molecule has 4 rings (SSSR count). The number of hydrogen-bond donors (Lipinski definition) is 1. The van der Waals surface area contributed by atoms with Crippen LogP contribution in [0.15, 0.2) is 41.4 Å². The molecule has 1 saturated heterocycles. The van der Waals surface area contributed by atoms with E-state index in [1.165, 1.54) is 18.9 Å². The summed E-state index contributed by atoms with van der Waals surface area (Å²) in [5, 5.41) is 2.88. The zero-order valence-electron chi connectivity index (χ0n) is 18.8. The highest BCUT2D eigenvalue weighted by Gasteiger charge is 2.28. The SMILES string of the molecule is COc1ccc(S(=O)(=O)N2CCCCCC2)cc1NC(=O)CN1CCn2cccc2[C@H]1C. The van der Waals surface area contributed by atoms with E-state index in [9.17, 15) is 13.2 Å². The largest absolute Gasteiger partial charge is 0.495 e. The van der Waals surface area contributed by atoms with E-state index in [0.29, 0.717) is 24.5 Å². The summed E-state index contributed by atoms with van der Waals surface area (Å²) in [6, 6.07) is 8.90. The fourth-order valence-electron chi connectivity index (χ4n) is 4.59. The number of fused-ring (bicyclic) bond motifs is 1. The average molecular weight is 461 g/mol. The van der Waals surface area contributed by atoms with Crippen molar-refractivity contribution < 1.29 is 17.9 Å². The molecular weight excluding hydrogens is 428 g/mol. The van der Waals surface area contributed by atoms with Crippen molar-refractivity contribution in [3.8, 4) is 5.75 Å². The second kappa shape index (κ2) is 9.64. The molecule has 0 saturated carbocycles. The molecule has 2 aromatic rings. The van der Waals surface area contributed by atoms with E-state index < -0.39 is 10.0 Å². The van der Waals surface area contributed by atoms with Crippen LogP contribution in [0.1, 0.15) is 44.3 Å². The zero-order chi connectivity index (χ0) is 22.7. The molecule has 0 aliphatic carbocycles. The molecule has 1 atom stereocenters. The lowest BCUT2D eigenvalue weighted by Crippen LogP contribution is -2.41. The lowest BCUT2D eigenvalue weighted by Gasteiger charge is -2.34. The first kappa shape index (κ1) is 22.8. The summed E-state index contributed by atoms with van der Waals surface area (Å²) in [6.45, 7) is 4.99. The number of rotatable bonds is 6. The number of nitrogens with one attached hydrogen (secondary N) is 1. The van der Waals surface area contributed by atoms with Crippen LogP contribution in [0.4, 0.5) is 5.69 Å². The fourth-order valence-corrected chi connectivity index (χ4v) is 6.14. The van der Waals surface area contributed by atoms with Gasteiger partial charge in [-0.05, 0) is 50.1 Å². The molecule has 0 spiro atoms. The Kier molecular flexibility index (Phi) is 6.88. The molecule has 9 heteroatoms. The molecule has 1 aromatic heterocycles. The Balaban J connectivity index is 1.50. The number of nitrogens with zero attached hydrogens (tertiary/aromatic N) is 3. The third-order valence-electron chi connectivity index (χ3n) is 6.46. The van der Waals surface area contributed by atoms with E-state index in [2.05, 4.69) is 34.0 Å². The quantitative estimate of drug-likeness (QED) is 0.716. The van der Waals surface area contributed by atoms with Crippen LogP contribution in [-0.2, 0) is 21.4 Å². The van der Waals surface area contributed by atoms with Crippen molar-refractivity contribution in [1.29, 1.82) is 0 Å². The number of carbonyl (C=O) groups excluding carboxylic acids is 1. The molecule has 1 aromatic carbocycles. The summed E-state index contributed by atoms with van der Waals surface area (Å²) in [5.74, 6) is 0.244. The van der Waals surface area contributed by atoms with E-state index in [0.717, 1.165) is 38.8 Å². The highest BCUT2D eigenvalue weighted by Crippen LogP contribution is 2.30. The third kappa shape index (κ3) is 4.69. The Hall–Kier alpha value is -2.36. The van der Waals surface area contributed by atoms with Crippen molar-refractivity contribution in [2.45, 2.75) is 50.1 Å². The predicted octanol–water partition coefficient (Wildman–Crippen LogP) is 3.08. The lowest BCUT2D eigenvalue weighted by molar-refractivity contribution is -0.118. The number of aromatic nitrogens is 1. The van der Waals surface area contributed by atoms with Gasteiger partial charge in [-0.1, -0.05) is 12.8 Å². The minimum absolute atomic E-state index is 0.126. The Morgan fingerprint density at radius 2 is 1.84 bits per heavy atom. The van der Waals surface area contributed by atoms with Crippen molar-refractivity contribution in [3.63, 3.8) is 0 Å². The summed E-state index contributed by atoms with van der Waals surface area (Å²) in [6.07, 6.45) is 5.91. The minimum Gasteiger partial charge on any atom is -0.495 e. The summed E-state index contributed by atoms with van der Waals surface area (Å²) in [7, 11) is -2.11. The predicted molar refractivity (Wildman–Crippen MR) is 123 cm³/mol. The van der Waals surface area contributed by atoms with Crippen molar-refractivity contribution in [1.82, 2.24) is 13.8 Å². The van der Waals surface area contributed by atoms with Crippen LogP contribution in [0, 0.1) is 0 Å². The molecular formula is C23H32N4O4S. The van der Waals surface area contributed by atoms with Crippen molar-refractivity contribution >= 4 is 21.6 Å². The first-order chi connectivity index (χ1) is 15.4. The molecule has 0 bridgehead atoms. The first-order valence-corrected chi connectivity index (χ1v) is 12.7. The van der Waals surface area contributed by atoms with Gasteiger partial charge in [0.1, 0.15) is 5.75 Å². The molecule has 3 heterocycles. The number of sulfonamides is 1. The fraction of sp³-hybridized carbons (Fsp3) is 0.522. The standard InChI is InChI=1S/C23H32N4O4S/c1-18-21-8-7-11-25(21)14-15-26(18)17-23(28)24-20-16-19(9-10-22(20)31-2)32(29,30)27-12-5-3-4-6-13-27/h7-11,16,18H,3-6,12-15,17H2,1-2H3,(H,24,28)/t18-/m1/s1. The number of hydrogen-bond acceptors (Lipinski definition) is 5. The molecule has 8 nitrogen and oxygen atoms in total. The van der Waals surface area contributed by atoms with Gasteiger partial charge >= 0.3 is 0 Å². The monoisotopic (exact) mass is 460 g/mol. The van der Waals surface area contributed by atoms with Gasteiger partial charge in [0, 0.05) is 44.1 Å². The smallest absolute Gasteiger partial charge is 0.243 e. The third-order valence-corrected chi connectivity index (χ3v) is 8.36. The highest BCUT2D eigenvalue weighted by molar-refractivity contribution is 7.89. The number of anilines is 1. The molecule has 1 N–H and O–H groups in total. The molecule has 1 amide bonds. The van der Waals surface area contributed by atoms with Crippen LogP contribution in [0.5, 0.6) is 5.75 Å². The van der Waals surface area contributed by atoms with Gasteiger partial charge in [0.2, 0.25) is 15.9 Å². The lowest BCUT2D eigenvalue weighted by atomic mass is 10.1. The van der Waals surface area contributed by atoms with Crippen LogP contribution in [0.3, 0.4) is 0 Å². The Morgan fingerprint density at radius 3 is 2.56 bits per heavy atom. The van der Waals surface area contributed by atoms with Gasteiger partial charge in [-0.3, -0.25) is 9.69 Å². The summed E-state index contributed by atoms with van der Waals surface area (Å²) in [4.78, 5) is 15.2. The molecule has 2 aliphatic rings. The van der Waals surface area contributed by atoms with Gasteiger partial charge in [0.15, 0.2) is 0 Å². The van der Waals surface area contributed by atoms with Crippen LogP contribution in [-0.4, -0.2) is 61.4 Å². The first-order valence-electron chi connectivity index (χ1n) is 11.3. The number of ether oxygens (including phenoxy) is 1. The summed E-state index contributed by atoms with van der Waals surface area (Å²) < 4.78 is 35.5. The maximum Gasteiger partial charge on any atom is 0.243 e. The molecule has 0 unspecified atom stereocenters. The van der Waals surface area contributed by atoms with Crippen LogP contribution < -0.4 is 10.1 Å². The van der Waals surface area contributed by atoms with Gasteiger partial charge in [-0.2, -0.15) is 4.31 Å². The van der Waals surface area contributed by atoms with Crippen molar-refractivity contribution in [3.05, 3.63) is 42.2 Å². The topological polar surface area (TPSA) is 83.9 Å². The van der Waals surface area contributed by atoms with E-state index in [-0.39, 0.29) is 23.4 Å². The van der Waals surface area contributed by atoms with Crippen LogP contribution in [0.2, 0.25) is 0 Å². The van der Waals surface area contributed by atoms with Gasteiger partial charge in [-0.15, -0.1) is 0 Å². The van der Waals surface area contributed by atoms with Gasteiger partial charge in [-0.25, -0.2) is 8.42 Å². The minimum atomic E-state index is -3.62. The second-order valence-corrected chi connectivity index (χ2v) is 10.4. The van der Waals surface area contributed by atoms with Crippen molar-refractivity contribution in [2.75, 3.05) is 38.6 Å². The molecule has 1 fully saturated rings. The van der Waals surface area contributed by atoms with Gasteiger partial charge in [0.25, 0.3) is 0 Å². The Bertz CT molecular complexity index is 1060. The molecule has 2 aliphatic heterocycles. The number of carbonyl (C=O) groups is 1. The highest BCUT2D eigenvalue weighted by atomic mass is 32.2. The number of methoxy groups -OCH3 is 1. The van der Waals surface area contributed by atoms with E-state index in [1.807, 2.05) is 6.07 Å². The normalized spacial score (nSPS) is 20.4.